The van der Waals surface area contributed by atoms with Gasteiger partial charge in [0.2, 0.25) is 0 Å². The Morgan fingerprint density at radius 1 is 1.48 bits per heavy atom. The molecule has 0 amide bonds. The van der Waals surface area contributed by atoms with Gasteiger partial charge in [-0.15, -0.1) is 0 Å². The number of aliphatic hydroxyl groups is 2. The number of ether oxygens (including phenoxy) is 1. The first-order valence-electron chi connectivity index (χ1n) is 7.16. The highest BCUT2D eigenvalue weighted by Gasteiger charge is 2.51. The molecule has 0 aromatic carbocycles. The van der Waals surface area contributed by atoms with Gasteiger partial charge in [-0.2, -0.15) is 0 Å². The fourth-order valence-electron chi connectivity index (χ4n) is 3.40. The minimum Gasteiger partial charge on any atom is -0.390 e. The molecule has 0 spiro atoms. The van der Waals surface area contributed by atoms with Crippen LogP contribution in [-0.4, -0.2) is 37.9 Å². The average Bonchev–Trinajstić information content (AvgIpc) is 2.48. The maximum absolute atomic E-state index is 11.1. The molecular weight excluding hydrogens is 276 g/mol. The van der Waals surface area contributed by atoms with E-state index in [-0.39, 0.29) is 12.1 Å². The number of aliphatic hydroxyl groups excluding tert-OH is 1. The minimum absolute atomic E-state index is 0.115. The molecule has 2 aliphatic rings. The van der Waals surface area contributed by atoms with Crippen LogP contribution in [0.5, 0.6) is 0 Å². The van der Waals surface area contributed by atoms with Crippen LogP contribution in [0.1, 0.15) is 43.8 Å². The third-order valence-corrected chi connectivity index (χ3v) is 4.57. The highest BCUT2D eigenvalue weighted by Crippen LogP contribution is 2.45. The molecule has 1 saturated heterocycles. The normalized spacial score (nSPS) is 36.0. The second kappa shape index (κ2) is 5.32. The lowest BCUT2D eigenvalue weighted by Crippen LogP contribution is -2.58. The highest BCUT2D eigenvalue weighted by atomic mass is 16.6. The molecule has 0 radical (unpaired) electrons. The van der Waals surface area contributed by atoms with Gasteiger partial charge in [0.25, 0.3) is 5.69 Å². The first-order valence-corrected chi connectivity index (χ1v) is 7.16. The second-order valence-corrected chi connectivity index (χ2v) is 5.79. The van der Waals surface area contributed by atoms with Gasteiger partial charge in [-0.1, -0.05) is 12.8 Å². The zero-order valence-corrected chi connectivity index (χ0v) is 11.5. The maximum atomic E-state index is 11.1. The van der Waals surface area contributed by atoms with Gasteiger partial charge in [-0.25, -0.2) is 0 Å². The molecule has 7 nitrogen and oxygen atoms in total. The van der Waals surface area contributed by atoms with E-state index >= 15 is 0 Å². The van der Waals surface area contributed by atoms with Crippen LogP contribution >= 0.6 is 0 Å². The third kappa shape index (κ3) is 2.41. The van der Waals surface area contributed by atoms with Gasteiger partial charge >= 0.3 is 0 Å². The van der Waals surface area contributed by atoms with Crippen LogP contribution < -0.4 is 0 Å². The molecule has 4 atom stereocenters. The summed E-state index contributed by atoms with van der Waals surface area (Å²) in [4.78, 5) is 14.4. The summed E-state index contributed by atoms with van der Waals surface area (Å²) >= 11 is 0. The molecule has 21 heavy (non-hydrogen) atoms. The van der Waals surface area contributed by atoms with E-state index in [1.807, 2.05) is 0 Å². The number of hydrogen-bond donors (Lipinski definition) is 2. The Hall–Kier alpha value is -1.57. The Balaban J connectivity index is 1.90. The summed E-state index contributed by atoms with van der Waals surface area (Å²) in [5.74, 6) is 0. The number of fused-ring (bicyclic) bond motifs is 1. The summed E-state index contributed by atoms with van der Waals surface area (Å²) in [7, 11) is 0. The van der Waals surface area contributed by atoms with Crippen LogP contribution in [0.25, 0.3) is 0 Å². The van der Waals surface area contributed by atoms with Gasteiger partial charge in [-0.05, 0) is 18.9 Å². The number of hydrogen-bond acceptors (Lipinski definition) is 6. The summed E-state index contributed by atoms with van der Waals surface area (Å²) in [5.41, 5.74) is -0.936. The Labute approximate surface area is 121 Å². The molecule has 1 aliphatic heterocycles. The first kappa shape index (κ1) is 14.4. The number of pyridine rings is 1. The van der Waals surface area contributed by atoms with E-state index in [2.05, 4.69) is 4.98 Å². The quantitative estimate of drug-likeness (QED) is 0.632. The van der Waals surface area contributed by atoms with Crippen molar-refractivity contribution < 1.29 is 19.9 Å². The summed E-state index contributed by atoms with van der Waals surface area (Å²) in [6.07, 6.45) is 3.74. The van der Waals surface area contributed by atoms with Crippen molar-refractivity contribution in [2.24, 2.45) is 0 Å². The van der Waals surface area contributed by atoms with Gasteiger partial charge in [0.1, 0.15) is 11.8 Å². The van der Waals surface area contributed by atoms with Gasteiger partial charge in [0.05, 0.1) is 28.8 Å². The van der Waals surface area contributed by atoms with E-state index in [0.717, 1.165) is 12.8 Å². The third-order valence-electron chi connectivity index (χ3n) is 4.57. The molecule has 3 rings (SSSR count). The van der Waals surface area contributed by atoms with Crippen molar-refractivity contribution in [3.63, 3.8) is 0 Å². The van der Waals surface area contributed by atoms with Crippen LogP contribution in [0, 0.1) is 10.1 Å². The SMILES string of the molecule is O=[N+]([O-])c1cnccc1[C@H]1C[C@@H](O)[C@@]2(O)CCCC[C@H]2O1. The molecular formula is C14H18N2O5. The van der Waals surface area contributed by atoms with E-state index < -0.39 is 28.8 Å². The number of nitrogens with zero attached hydrogens (tertiary/aromatic N) is 2. The molecule has 1 aromatic rings. The summed E-state index contributed by atoms with van der Waals surface area (Å²) < 4.78 is 5.90. The lowest BCUT2D eigenvalue weighted by Gasteiger charge is -2.48. The lowest BCUT2D eigenvalue weighted by atomic mass is 9.74. The van der Waals surface area contributed by atoms with Crippen molar-refractivity contribution in [1.82, 2.24) is 4.98 Å². The number of aromatic nitrogens is 1. The van der Waals surface area contributed by atoms with Crippen molar-refractivity contribution in [1.29, 1.82) is 0 Å². The fraction of sp³-hybridized carbons (Fsp3) is 0.643. The molecule has 1 aliphatic carbocycles. The standard InChI is InChI=1S/C14H18N2O5/c17-12-7-11(9-4-6-15-8-10(9)16(19)20)21-13-3-1-2-5-14(12,13)18/h4,6,8,11-13,17-18H,1-3,5,7H2/t11-,12-,13-,14+/m1/s1. The molecule has 7 heteroatoms. The van der Waals surface area contributed by atoms with E-state index in [1.54, 1.807) is 6.07 Å². The van der Waals surface area contributed by atoms with Crippen LogP contribution in [0.2, 0.25) is 0 Å². The zero-order chi connectivity index (χ0) is 15.0. The van der Waals surface area contributed by atoms with Gasteiger partial charge in [0.15, 0.2) is 0 Å². The smallest absolute Gasteiger partial charge is 0.293 e. The van der Waals surface area contributed by atoms with Gasteiger partial charge < -0.3 is 14.9 Å². The van der Waals surface area contributed by atoms with Crippen molar-refractivity contribution >= 4 is 5.69 Å². The molecule has 2 fully saturated rings. The summed E-state index contributed by atoms with van der Waals surface area (Å²) in [6.45, 7) is 0. The van der Waals surface area contributed by atoms with Crippen LogP contribution in [-0.2, 0) is 4.74 Å². The Bertz CT molecular complexity index is 552. The van der Waals surface area contributed by atoms with E-state index in [4.69, 9.17) is 4.74 Å². The predicted molar refractivity (Wildman–Crippen MR) is 72.5 cm³/mol. The number of nitro groups is 1. The monoisotopic (exact) mass is 294 g/mol. The van der Waals surface area contributed by atoms with Crippen molar-refractivity contribution in [2.45, 2.75) is 56.0 Å². The first-order chi connectivity index (χ1) is 10.0. The summed E-state index contributed by atoms with van der Waals surface area (Å²) in [6, 6.07) is 1.54. The predicted octanol–water partition coefficient (Wildman–Crippen LogP) is 1.49. The van der Waals surface area contributed by atoms with Gasteiger partial charge in [-0.3, -0.25) is 15.1 Å². The van der Waals surface area contributed by atoms with Crippen LogP contribution in [0.3, 0.4) is 0 Å². The molecule has 1 saturated carbocycles. The van der Waals surface area contributed by atoms with Crippen LogP contribution in [0.4, 0.5) is 5.69 Å². The van der Waals surface area contributed by atoms with Crippen molar-refractivity contribution in [3.05, 3.63) is 34.1 Å². The largest absolute Gasteiger partial charge is 0.390 e. The highest BCUT2D eigenvalue weighted by molar-refractivity contribution is 5.39. The molecule has 0 bridgehead atoms. The lowest BCUT2D eigenvalue weighted by molar-refractivity contribution is -0.387. The minimum atomic E-state index is -1.23. The molecule has 114 valence electrons. The Kier molecular flexibility index (Phi) is 3.64. The molecule has 2 N–H and O–H groups in total. The van der Waals surface area contributed by atoms with Crippen molar-refractivity contribution in [2.75, 3.05) is 0 Å². The topological polar surface area (TPSA) is 106 Å². The van der Waals surface area contributed by atoms with E-state index in [0.29, 0.717) is 18.4 Å². The molecule has 2 heterocycles. The fourth-order valence-corrected chi connectivity index (χ4v) is 3.40. The van der Waals surface area contributed by atoms with Crippen molar-refractivity contribution in [3.8, 4) is 0 Å². The zero-order valence-electron chi connectivity index (χ0n) is 11.5. The summed E-state index contributed by atoms with van der Waals surface area (Å²) in [5, 5.41) is 32.0. The maximum Gasteiger partial charge on any atom is 0.293 e. The molecule has 1 aromatic heterocycles. The van der Waals surface area contributed by atoms with Crippen LogP contribution in [0.15, 0.2) is 18.5 Å². The van der Waals surface area contributed by atoms with E-state index in [1.165, 1.54) is 12.4 Å². The Morgan fingerprint density at radius 3 is 3.05 bits per heavy atom. The van der Waals surface area contributed by atoms with E-state index in [9.17, 15) is 20.3 Å². The Morgan fingerprint density at radius 2 is 2.29 bits per heavy atom. The average molecular weight is 294 g/mol. The molecule has 0 unspecified atom stereocenters. The number of rotatable bonds is 2. The second-order valence-electron chi connectivity index (χ2n) is 5.79. The van der Waals surface area contributed by atoms with Gasteiger partial charge in [0, 0.05) is 12.6 Å².